The quantitative estimate of drug-likeness (QED) is 0.710. The van der Waals surface area contributed by atoms with Crippen molar-refractivity contribution in [3.63, 3.8) is 0 Å². The van der Waals surface area contributed by atoms with Gasteiger partial charge in [-0.1, -0.05) is 37.2 Å². The number of rotatable bonds is 6. The molecule has 0 radical (unpaired) electrons. The van der Waals surface area contributed by atoms with Crippen LogP contribution in [0.25, 0.3) is 10.9 Å². The van der Waals surface area contributed by atoms with Gasteiger partial charge in [0.25, 0.3) is 5.91 Å². The van der Waals surface area contributed by atoms with Crippen LogP contribution in [0.15, 0.2) is 41.1 Å². The number of nitrogens with zero attached hydrogens (tertiary/aromatic N) is 3. The SMILES string of the molecule is CC(C)c1cc(C(=O)NCCCn2ncc3ccccc32)no1. The van der Waals surface area contributed by atoms with Gasteiger partial charge in [0, 0.05) is 30.5 Å². The fraction of sp³-hybridized carbons (Fsp3) is 0.353. The molecule has 0 unspecified atom stereocenters. The predicted octanol–water partition coefficient (Wildman–Crippen LogP) is 2.97. The highest BCUT2D eigenvalue weighted by Crippen LogP contribution is 2.15. The summed E-state index contributed by atoms with van der Waals surface area (Å²) in [6, 6.07) is 9.78. The highest BCUT2D eigenvalue weighted by molar-refractivity contribution is 5.92. The molecular weight excluding hydrogens is 292 g/mol. The number of carbonyl (C=O) groups excluding carboxylic acids is 1. The van der Waals surface area contributed by atoms with Crippen molar-refractivity contribution in [3.8, 4) is 0 Å². The molecule has 2 aromatic heterocycles. The molecule has 0 saturated heterocycles. The lowest BCUT2D eigenvalue weighted by atomic mass is 10.1. The Labute approximate surface area is 134 Å². The summed E-state index contributed by atoms with van der Waals surface area (Å²) in [6.07, 6.45) is 2.66. The molecule has 0 saturated carbocycles. The van der Waals surface area contributed by atoms with Crippen LogP contribution in [0.4, 0.5) is 0 Å². The van der Waals surface area contributed by atoms with E-state index in [1.54, 1.807) is 6.07 Å². The first kappa shape index (κ1) is 15.3. The smallest absolute Gasteiger partial charge is 0.273 e. The minimum Gasteiger partial charge on any atom is -0.360 e. The van der Waals surface area contributed by atoms with Gasteiger partial charge in [-0.25, -0.2) is 0 Å². The van der Waals surface area contributed by atoms with Crippen molar-refractivity contribution >= 4 is 16.8 Å². The van der Waals surface area contributed by atoms with Crippen LogP contribution < -0.4 is 5.32 Å². The first-order valence-electron chi connectivity index (χ1n) is 7.80. The Morgan fingerprint density at radius 2 is 2.17 bits per heavy atom. The van der Waals surface area contributed by atoms with E-state index in [1.165, 1.54) is 0 Å². The van der Waals surface area contributed by atoms with Crippen LogP contribution in [-0.2, 0) is 6.54 Å². The van der Waals surface area contributed by atoms with Gasteiger partial charge < -0.3 is 9.84 Å². The third-order valence-corrected chi connectivity index (χ3v) is 3.71. The number of nitrogens with one attached hydrogen (secondary N) is 1. The van der Waals surface area contributed by atoms with Gasteiger partial charge in [0.05, 0.1) is 11.7 Å². The van der Waals surface area contributed by atoms with Crippen molar-refractivity contribution in [2.45, 2.75) is 32.7 Å². The number of para-hydroxylation sites is 1. The molecule has 6 heteroatoms. The van der Waals surface area contributed by atoms with Gasteiger partial charge in [-0.2, -0.15) is 5.10 Å². The Bertz CT molecular complexity index is 804. The van der Waals surface area contributed by atoms with E-state index in [1.807, 2.05) is 49.0 Å². The van der Waals surface area contributed by atoms with Crippen LogP contribution in [0.3, 0.4) is 0 Å². The van der Waals surface area contributed by atoms with Gasteiger partial charge in [-0.3, -0.25) is 9.48 Å². The van der Waals surface area contributed by atoms with Gasteiger partial charge in [-0.05, 0) is 12.5 Å². The Morgan fingerprint density at radius 3 is 2.96 bits per heavy atom. The van der Waals surface area contributed by atoms with Gasteiger partial charge in [0.1, 0.15) is 5.76 Å². The number of aryl methyl sites for hydroxylation is 1. The van der Waals surface area contributed by atoms with E-state index in [4.69, 9.17) is 4.52 Å². The first-order chi connectivity index (χ1) is 11.1. The molecule has 0 spiro atoms. The van der Waals surface area contributed by atoms with E-state index in [0.29, 0.717) is 12.2 Å². The number of hydrogen-bond acceptors (Lipinski definition) is 4. The molecule has 0 aliphatic carbocycles. The van der Waals surface area contributed by atoms with Crippen molar-refractivity contribution in [1.29, 1.82) is 0 Å². The summed E-state index contributed by atoms with van der Waals surface area (Å²) in [6.45, 7) is 5.31. The molecule has 0 fully saturated rings. The first-order valence-corrected chi connectivity index (χ1v) is 7.80. The normalized spacial score (nSPS) is 11.3. The number of aromatic nitrogens is 3. The Hall–Kier alpha value is -2.63. The summed E-state index contributed by atoms with van der Waals surface area (Å²) in [4.78, 5) is 12.0. The molecule has 6 nitrogen and oxygen atoms in total. The number of fused-ring (bicyclic) bond motifs is 1. The second kappa shape index (κ2) is 6.64. The molecule has 0 bridgehead atoms. The average molecular weight is 312 g/mol. The van der Waals surface area contributed by atoms with E-state index in [2.05, 4.69) is 15.6 Å². The molecule has 0 aliphatic heterocycles. The van der Waals surface area contributed by atoms with E-state index in [9.17, 15) is 4.79 Å². The van der Waals surface area contributed by atoms with Crippen molar-refractivity contribution < 1.29 is 9.32 Å². The van der Waals surface area contributed by atoms with E-state index >= 15 is 0 Å². The summed E-state index contributed by atoms with van der Waals surface area (Å²) in [5, 5.41) is 12.2. The zero-order valence-corrected chi connectivity index (χ0v) is 13.3. The molecule has 1 aromatic carbocycles. The summed E-state index contributed by atoms with van der Waals surface area (Å²) in [5.74, 6) is 0.737. The number of amides is 1. The van der Waals surface area contributed by atoms with E-state index < -0.39 is 0 Å². The molecular formula is C17H20N4O2. The number of benzene rings is 1. The Kier molecular flexibility index (Phi) is 4.41. The molecule has 3 rings (SSSR count). The van der Waals surface area contributed by atoms with Crippen LogP contribution in [0.5, 0.6) is 0 Å². The maximum absolute atomic E-state index is 12.0. The molecule has 23 heavy (non-hydrogen) atoms. The number of hydrogen-bond donors (Lipinski definition) is 1. The summed E-state index contributed by atoms with van der Waals surface area (Å²) in [7, 11) is 0. The topological polar surface area (TPSA) is 73.0 Å². The molecule has 0 atom stereocenters. The van der Waals surface area contributed by atoms with Crippen molar-refractivity contribution in [1.82, 2.24) is 20.3 Å². The molecule has 120 valence electrons. The summed E-state index contributed by atoms with van der Waals surface area (Å²) < 4.78 is 7.09. The van der Waals surface area contributed by atoms with E-state index in [0.717, 1.165) is 29.6 Å². The van der Waals surface area contributed by atoms with Gasteiger partial charge >= 0.3 is 0 Å². The van der Waals surface area contributed by atoms with Gasteiger partial charge in [0.2, 0.25) is 0 Å². The van der Waals surface area contributed by atoms with Crippen molar-refractivity contribution in [3.05, 3.63) is 48.0 Å². The number of carbonyl (C=O) groups is 1. The molecule has 3 aromatic rings. The third kappa shape index (κ3) is 3.41. The molecule has 2 heterocycles. The monoisotopic (exact) mass is 312 g/mol. The van der Waals surface area contributed by atoms with Crippen LogP contribution in [0, 0.1) is 0 Å². The highest BCUT2D eigenvalue weighted by Gasteiger charge is 2.13. The minimum absolute atomic E-state index is 0.203. The van der Waals surface area contributed by atoms with Crippen LogP contribution in [0.1, 0.15) is 42.4 Å². The largest absolute Gasteiger partial charge is 0.360 e. The van der Waals surface area contributed by atoms with Crippen LogP contribution >= 0.6 is 0 Å². The zero-order chi connectivity index (χ0) is 16.2. The lowest BCUT2D eigenvalue weighted by Crippen LogP contribution is -2.25. The molecule has 0 aliphatic rings. The Morgan fingerprint density at radius 1 is 1.35 bits per heavy atom. The highest BCUT2D eigenvalue weighted by atomic mass is 16.5. The lowest BCUT2D eigenvalue weighted by Gasteiger charge is -2.05. The third-order valence-electron chi connectivity index (χ3n) is 3.71. The Balaban J connectivity index is 1.50. The van der Waals surface area contributed by atoms with Crippen molar-refractivity contribution in [2.24, 2.45) is 0 Å². The second-order valence-electron chi connectivity index (χ2n) is 5.81. The maximum atomic E-state index is 12.0. The zero-order valence-electron chi connectivity index (χ0n) is 13.3. The summed E-state index contributed by atoms with van der Waals surface area (Å²) in [5.41, 5.74) is 1.44. The van der Waals surface area contributed by atoms with E-state index in [-0.39, 0.29) is 11.8 Å². The maximum Gasteiger partial charge on any atom is 0.273 e. The standard InChI is InChI=1S/C17H20N4O2/c1-12(2)16-10-14(20-23-16)17(22)18-8-5-9-21-15-7-4-3-6-13(15)11-19-21/h3-4,6-7,10-12H,5,8-9H2,1-2H3,(H,18,22). The lowest BCUT2D eigenvalue weighted by molar-refractivity contribution is 0.0943. The van der Waals surface area contributed by atoms with Gasteiger partial charge in [-0.15, -0.1) is 0 Å². The van der Waals surface area contributed by atoms with Gasteiger partial charge in [0.15, 0.2) is 5.69 Å². The molecule has 1 amide bonds. The minimum atomic E-state index is -0.203. The van der Waals surface area contributed by atoms with Crippen molar-refractivity contribution in [2.75, 3.05) is 6.54 Å². The fourth-order valence-electron chi connectivity index (χ4n) is 2.39. The fourth-order valence-corrected chi connectivity index (χ4v) is 2.39. The second-order valence-corrected chi connectivity index (χ2v) is 5.81. The molecule has 1 N–H and O–H groups in total. The average Bonchev–Trinajstić information content (AvgIpc) is 3.19. The van der Waals surface area contributed by atoms with Crippen LogP contribution in [-0.4, -0.2) is 27.4 Å². The summed E-state index contributed by atoms with van der Waals surface area (Å²) >= 11 is 0. The predicted molar refractivity (Wildman–Crippen MR) is 87.3 cm³/mol. The van der Waals surface area contributed by atoms with Crippen LogP contribution in [0.2, 0.25) is 0 Å².